The second-order valence-corrected chi connectivity index (χ2v) is 10.1. The predicted octanol–water partition coefficient (Wildman–Crippen LogP) is 2.40. The lowest BCUT2D eigenvalue weighted by molar-refractivity contribution is -0.184. The number of hydrogen-bond acceptors (Lipinski definition) is 6. The highest BCUT2D eigenvalue weighted by atomic mass is 127. The maximum absolute atomic E-state index is 14.7. The van der Waals surface area contributed by atoms with Gasteiger partial charge in [0.15, 0.2) is 0 Å². The van der Waals surface area contributed by atoms with Gasteiger partial charge < -0.3 is 15.2 Å². The van der Waals surface area contributed by atoms with Crippen molar-refractivity contribution in [2.24, 2.45) is 14.1 Å². The molecule has 1 aliphatic heterocycles. The number of nitrogens with one attached hydrogen (secondary N) is 1. The fourth-order valence-corrected chi connectivity index (χ4v) is 4.86. The van der Waals surface area contributed by atoms with Crippen molar-refractivity contribution in [1.82, 2.24) is 13.7 Å². The van der Waals surface area contributed by atoms with E-state index in [0.717, 1.165) is 4.57 Å². The number of benzene rings is 2. The number of halogens is 2. The molecule has 4 aromatic rings. The van der Waals surface area contributed by atoms with Gasteiger partial charge in [-0.05, 0) is 65.4 Å². The lowest BCUT2D eigenvalue weighted by Gasteiger charge is -2.37. The summed E-state index contributed by atoms with van der Waals surface area (Å²) in [6.45, 7) is 1.77. The summed E-state index contributed by atoms with van der Waals surface area (Å²) in [5.41, 5.74) is -1.69. The molecule has 2 aromatic heterocycles. The van der Waals surface area contributed by atoms with Crippen molar-refractivity contribution in [3.05, 3.63) is 94.2 Å². The Morgan fingerprint density at radius 3 is 2.42 bits per heavy atom. The molecule has 0 saturated carbocycles. The highest BCUT2D eigenvalue weighted by molar-refractivity contribution is 14.1. The minimum atomic E-state index is -1.18. The van der Waals surface area contributed by atoms with E-state index in [2.05, 4.69) is 5.32 Å². The molecule has 2 N–H and O–H groups in total. The van der Waals surface area contributed by atoms with Gasteiger partial charge >= 0.3 is 5.69 Å². The van der Waals surface area contributed by atoms with Crippen LogP contribution in [-0.4, -0.2) is 32.0 Å². The standard InChI is InChI=1S/C25H22FIN4O5/c1-13-20-19(21(29(2)22(13)32)28-18-8-7-15(27)10-17(18)26)23(33)30(3)24(34)31(20)16-6-4-5-14(9-16)25(35)11-36-12-25/h4-10,28,35H,11-12H2,1-3H3. The third kappa shape index (κ3) is 3.69. The summed E-state index contributed by atoms with van der Waals surface area (Å²) in [5, 5.41) is 13.7. The molecule has 36 heavy (non-hydrogen) atoms. The molecular weight excluding hydrogens is 582 g/mol. The number of fused-ring (bicyclic) bond motifs is 1. The molecule has 0 bridgehead atoms. The van der Waals surface area contributed by atoms with Crippen LogP contribution in [0, 0.1) is 16.3 Å². The van der Waals surface area contributed by atoms with Crippen molar-refractivity contribution >= 4 is 45.0 Å². The SMILES string of the molecule is Cc1c(=O)n(C)c(Nc2ccc(I)cc2F)c2c(=O)n(C)c(=O)n(-c3cccc(C4(O)COC4)c3)c12. The quantitative estimate of drug-likeness (QED) is 0.347. The van der Waals surface area contributed by atoms with E-state index in [1.165, 1.54) is 42.3 Å². The van der Waals surface area contributed by atoms with Crippen LogP contribution in [0.2, 0.25) is 0 Å². The minimum absolute atomic E-state index is 0.0470. The molecule has 0 radical (unpaired) electrons. The predicted molar refractivity (Wildman–Crippen MR) is 142 cm³/mol. The van der Waals surface area contributed by atoms with Gasteiger partial charge in [0.1, 0.15) is 22.6 Å². The third-order valence-corrected chi connectivity index (χ3v) is 7.19. The van der Waals surface area contributed by atoms with E-state index >= 15 is 0 Å². The third-order valence-electron chi connectivity index (χ3n) is 6.52. The highest BCUT2D eigenvalue weighted by Crippen LogP contribution is 2.31. The summed E-state index contributed by atoms with van der Waals surface area (Å²) in [6.07, 6.45) is 0. The van der Waals surface area contributed by atoms with Crippen molar-refractivity contribution in [3.8, 4) is 5.69 Å². The molecule has 0 amide bonds. The molecule has 2 aromatic carbocycles. The Bertz CT molecular complexity index is 1740. The van der Waals surface area contributed by atoms with E-state index in [4.69, 9.17) is 4.74 Å². The Labute approximate surface area is 217 Å². The van der Waals surface area contributed by atoms with Crippen molar-refractivity contribution in [1.29, 1.82) is 0 Å². The molecule has 11 heteroatoms. The number of pyridine rings is 1. The summed E-state index contributed by atoms with van der Waals surface area (Å²) < 4.78 is 24.0. The molecular formula is C25H22FIN4O5. The first kappa shape index (κ1) is 24.4. The van der Waals surface area contributed by atoms with E-state index in [1.807, 2.05) is 22.6 Å². The number of hydrogen-bond donors (Lipinski definition) is 2. The smallest absolute Gasteiger partial charge is 0.335 e. The van der Waals surface area contributed by atoms with Crippen LogP contribution in [0.3, 0.4) is 0 Å². The fourth-order valence-electron chi connectivity index (χ4n) is 4.40. The van der Waals surface area contributed by atoms with Crippen molar-refractivity contribution in [2.75, 3.05) is 18.5 Å². The molecule has 5 rings (SSSR count). The molecule has 0 aliphatic carbocycles. The number of nitrogens with zero attached hydrogens (tertiary/aromatic N) is 3. The Kier molecular flexibility index (Phi) is 5.88. The zero-order valence-corrected chi connectivity index (χ0v) is 21.8. The van der Waals surface area contributed by atoms with Crippen molar-refractivity contribution in [2.45, 2.75) is 12.5 Å². The van der Waals surface area contributed by atoms with Crippen LogP contribution in [0.15, 0.2) is 56.8 Å². The first-order chi connectivity index (χ1) is 17.0. The number of aryl methyl sites for hydroxylation is 1. The van der Waals surface area contributed by atoms with E-state index in [-0.39, 0.29) is 41.2 Å². The Balaban J connectivity index is 1.86. The summed E-state index contributed by atoms with van der Waals surface area (Å²) >= 11 is 1.98. The van der Waals surface area contributed by atoms with Crippen molar-refractivity contribution in [3.63, 3.8) is 0 Å². The Hall–Kier alpha value is -3.29. The zero-order chi connectivity index (χ0) is 25.9. The van der Waals surface area contributed by atoms with Gasteiger partial charge in [0, 0.05) is 23.2 Å². The van der Waals surface area contributed by atoms with Crippen molar-refractivity contribution < 1.29 is 14.2 Å². The first-order valence-electron chi connectivity index (χ1n) is 11.0. The molecule has 1 fully saturated rings. The number of aromatic nitrogens is 3. The van der Waals surface area contributed by atoms with Gasteiger partial charge in [0.25, 0.3) is 11.1 Å². The van der Waals surface area contributed by atoms with Crippen LogP contribution in [0.1, 0.15) is 11.1 Å². The maximum Gasteiger partial charge on any atom is 0.335 e. The molecule has 0 spiro atoms. The summed E-state index contributed by atoms with van der Waals surface area (Å²) in [7, 11) is 2.82. The fraction of sp³-hybridized carbons (Fsp3) is 0.240. The van der Waals surface area contributed by atoms with Gasteiger partial charge in [-0.3, -0.25) is 23.3 Å². The second kappa shape index (κ2) is 8.68. The number of ether oxygens (including phenoxy) is 1. The average Bonchev–Trinajstić information content (AvgIpc) is 2.83. The van der Waals surface area contributed by atoms with Crippen LogP contribution in [0.25, 0.3) is 16.6 Å². The molecule has 186 valence electrons. The Morgan fingerprint density at radius 1 is 1.06 bits per heavy atom. The first-order valence-corrected chi connectivity index (χ1v) is 12.1. The van der Waals surface area contributed by atoms with Crippen LogP contribution in [0.4, 0.5) is 15.9 Å². The van der Waals surface area contributed by atoms with Crippen LogP contribution >= 0.6 is 22.6 Å². The minimum Gasteiger partial charge on any atom is -0.380 e. The second-order valence-electron chi connectivity index (χ2n) is 8.87. The number of aliphatic hydroxyl groups is 1. The Morgan fingerprint density at radius 2 is 1.78 bits per heavy atom. The van der Waals surface area contributed by atoms with Gasteiger partial charge in [-0.25, -0.2) is 9.18 Å². The van der Waals surface area contributed by atoms with Gasteiger partial charge in [-0.15, -0.1) is 0 Å². The van der Waals surface area contributed by atoms with Gasteiger partial charge in [-0.2, -0.15) is 0 Å². The van der Waals surface area contributed by atoms with Crippen LogP contribution in [0.5, 0.6) is 0 Å². The monoisotopic (exact) mass is 604 g/mol. The van der Waals surface area contributed by atoms with E-state index in [0.29, 0.717) is 14.8 Å². The summed E-state index contributed by atoms with van der Waals surface area (Å²) in [6, 6.07) is 11.2. The van der Waals surface area contributed by atoms with E-state index in [9.17, 15) is 23.9 Å². The zero-order valence-electron chi connectivity index (χ0n) is 19.6. The average molecular weight is 604 g/mol. The van der Waals surface area contributed by atoms with Gasteiger partial charge in [-0.1, -0.05) is 12.1 Å². The molecule has 9 nitrogen and oxygen atoms in total. The van der Waals surface area contributed by atoms with Gasteiger partial charge in [0.05, 0.1) is 30.1 Å². The lowest BCUT2D eigenvalue weighted by Crippen LogP contribution is -2.46. The lowest BCUT2D eigenvalue weighted by atomic mass is 9.92. The molecule has 0 unspecified atom stereocenters. The molecule has 1 aliphatic rings. The largest absolute Gasteiger partial charge is 0.380 e. The number of rotatable bonds is 4. The molecule has 1 saturated heterocycles. The van der Waals surface area contributed by atoms with Crippen LogP contribution in [-0.2, 0) is 24.4 Å². The van der Waals surface area contributed by atoms with E-state index in [1.54, 1.807) is 30.3 Å². The van der Waals surface area contributed by atoms with Gasteiger partial charge in [0.2, 0.25) is 0 Å². The molecule has 0 atom stereocenters. The number of anilines is 2. The highest BCUT2D eigenvalue weighted by Gasteiger charge is 2.38. The normalized spacial score (nSPS) is 14.6. The summed E-state index contributed by atoms with van der Waals surface area (Å²) in [5.74, 6) is -0.505. The topological polar surface area (TPSA) is 107 Å². The maximum atomic E-state index is 14.7. The van der Waals surface area contributed by atoms with Crippen LogP contribution < -0.4 is 22.1 Å². The summed E-state index contributed by atoms with van der Waals surface area (Å²) in [4.78, 5) is 40.1. The molecule has 3 heterocycles. The van der Waals surface area contributed by atoms with E-state index < -0.39 is 28.2 Å².